The molecule has 0 radical (unpaired) electrons. The molecule has 0 saturated heterocycles. The van der Waals surface area contributed by atoms with Gasteiger partial charge in [-0.15, -0.1) is 0 Å². The molecule has 2 aliphatic heterocycles. The minimum atomic E-state index is -4.16. The van der Waals surface area contributed by atoms with Crippen molar-refractivity contribution >= 4 is 21.9 Å². The average molecular weight is 599 g/mol. The van der Waals surface area contributed by atoms with Gasteiger partial charge in [-0.25, -0.2) is 18.1 Å². The third-order valence-corrected chi connectivity index (χ3v) is 8.74. The van der Waals surface area contributed by atoms with Gasteiger partial charge < -0.3 is 14.4 Å². The standard InChI is InChI=1S/C33H34N4O5S/c1-20(2)41-24-13-8-11-21(16-24)29-28(33(3,4)5)30-35-32(34-29)36-43(39,40)25-14-9-12-22(17-25)31(38)37-18-23-10-6-7-15-26(23)27(19-37)42-30/h6-17,20,27H,18-19H2,1-5H3,(H,34,35,36). The molecule has 0 fully saturated rings. The second kappa shape index (κ2) is 10.7. The monoisotopic (exact) mass is 598 g/mol. The Bertz CT molecular complexity index is 1830. The molecule has 222 valence electrons. The summed E-state index contributed by atoms with van der Waals surface area (Å²) in [6, 6.07) is 21.4. The van der Waals surface area contributed by atoms with Crippen molar-refractivity contribution in [3.8, 4) is 22.9 Å². The number of carbonyl (C=O) groups excluding carboxylic acids is 1. The molecule has 0 aliphatic carbocycles. The summed E-state index contributed by atoms with van der Waals surface area (Å²) in [6.07, 6.45) is -0.590. The largest absolute Gasteiger partial charge is 0.491 e. The van der Waals surface area contributed by atoms with Crippen molar-refractivity contribution in [3.05, 3.63) is 95.1 Å². The van der Waals surface area contributed by atoms with Crippen molar-refractivity contribution < 1.29 is 22.7 Å². The maximum atomic E-state index is 13.7. The highest BCUT2D eigenvalue weighted by Gasteiger charge is 2.35. The van der Waals surface area contributed by atoms with E-state index in [1.807, 2.05) is 83.1 Å². The van der Waals surface area contributed by atoms with Gasteiger partial charge in [-0.2, -0.15) is 4.98 Å². The van der Waals surface area contributed by atoms with E-state index in [-0.39, 0.29) is 40.8 Å². The van der Waals surface area contributed by atoms with Crippen LogP contribution >= 0.6 is 0 Å². The number of amides is 1. The molecule has 0 saturated carbocycles. The molecular weight excluding hydrogens is 564 g/mol. The molecule has 2 aliphatic rings. The Morgan fingerprint density at radius 2 is 1.72 bits per heavy atom. The third kappa shape index (κ3) is 5.67. The van der Waals surface area contributed by atoms with E-state index in [1.54, 1.807) is 17.0 Å². The number of ether oxygens (including phenoxy) is 2. The summed E-state index contributed by atoms with van der Waals surface area (Å²) in [5.41, 5.74) is 3.60. The number of sulfonamides is 1. The molecule has 1 atom stereocenters. The Morgan fingerprint density at radius 1 is 0.977 bits per heavy atom. The van der Waals surface area contributed by atoms with Gasteiger partial charge in [-0.1, -0.05) is 63.2 Å². The zero-order valence-electron chi connectivity index (χ0n) is 24.8. The molecule has 0 spiro atoms. The molecule has 1 aromatic heterocycles. The number of rotatable bonds is 3. The van der Waals surface area contributed by atoms with E-state index in [9.17, 15) is 13.2 Å². The van der Waals surface area contributed by atoms with Crippen molar-refractivity contribution in [2.75, 3.05) is 11.3 Å². The maximum Gasteiger partial charge on any atom is 0.264 e. The molecule has 3 heterocycles. The van der Waals surface area contributed by atoms with Crippen LogP contribution < -0.4 is 14.2 Å². The molecule has 6 rings (SSSR count). The lowest BCUT2D eigenvalue weighted by atomic mass is 9.84. The van der Waals surface area contributed by atoms with E-state index >= 15 is 0 Å². The molecule has 1 N–H and O–H groups in total. The molecule has 10 heteroatoms. The molecular formula is C33H34N4O5S. The Kier molecular flexibility index (Phi) is 7.12. The zero-order valence-corrected chi connectivity index (χ0v) is 25.6. The number of nitrogens with zero attached hydrogens (tertiary/aromatic N) is 3. The van der Waals surface area contributed by atoms with E-state index in [1.165, 1.54) is 12.1 Å². The SMILES string of the molecule is CC(C)Oc1cccc(-c2nc3nc(c2C(C)(C)C)OC2CN(Cc4ccccc42)C(=O)c2cccc(c2)S(=O)(=O)N3)c1. The van der Waals surface area contributed by atoms with Gasteiger partial charge in [0.15, 0.2) is 0 Å². The predicted molar refractivity (Wildman–Crippen MR) is 164 cm³/mol. The number of hydrogen-bond acceptors (Lipinski definition) is 7. The molecule has 3 aromatic carbocycles. The van der Waals surface area contributed by atoms with E-state index in [2.05, 4.69) is 9.71 Å². The number of anilines is 1. The first-order chi connectivity index (χ1) is 20.4. The third-order valence-electron chi connectivity index (χ3n) is 7.41. The van der Waals surface area contributed by atoms with Crippen molar-refractivity contribution in [2.45, 2.75) is 63.7 Å². The molecule has 6 bridgehead atoms. The normalized spacial score (nSPS) is 17.5. The Hall–Kier alpha value is -4.44. The molecule has 43 heavy (non-hydrogen) atoms. The fourth-order valence-corrected chi connectivity index (χ4v) is 6.54. The lowest BCUT2D eigenvalue weighted by Crippen LogP contribution is -2.40. The number of fused-ring (bicyclic) bond motifs is 8. The van der Waals surface area contributed by atoms with Gasteiger partial charge in [0.05, 0.1) is 23.2 Å². The predicted octanol–water partition coefficient (Wildman–Crippen LogP) is 6.12. The second-order valence-electron chi connectivity index (χ2n) is 12.1. The highest BCUT2D eigenvalue weighted by molar-refractivity contribution is 7.92. The minimum Gasteiger partial charge on any atom is -0.491 e. The Morgan fingerprint density at radius 3 is 2.49 bits per heavy atom. The van der Waals surface area contributed by atoms with Gasteiger partial charge in [0.1, 0.15) is 11.9 Å². The first-order valence-electron chi connectivity index (χ1n) is 14.3. The smallest absolute Gasteiger partial charge is 0.264 e. The van der Waals surface area contributed by atoms with Gasteiger partial charge in [0.2, 0.25) is 11.8 Å². The number of benzene rings is 3. The van der Waals surface area contributed by atoms with Gasteiger partial charge in [-0.05, 0) is 60.7 Å². The molecule has 1 amide bonds. The van der Waals surface area contributed by atoms with E-state index in [0.29, 0.717) is 23.6 Å². The van der Waals surface area contributed by atoms with Crippen LogP contribution in [0.15, 0.2) is 77.7 Å². The van der Waals surface area contributed by atoms with Crippen LogP contribution in [0.2, 0.25) is 0 Å². The van der Waals surface area contributed by atoms with Crippen LogP contribution in [0.4, 0.5) is 5.95 Å². The lowest BCUT2D eigenvalue weighted by Gasteiger charge is -2.35. The summed E-state index contributed by atoms with van der Waals surface area (Å²) >= 11 is 0. The van der Waals surface area contributed by atoms with Crippen LogP contribution in [0.3, 0.4) is 0 Å². The fourth-order valence-electron chi connectivity index (χ4n) is 5.55. The van der Waals surface area contributed by atoms with Crippen LogP contribution in [-0.2, 0) is 22.0 Å². The van der Waals surface area contributed by atoms with Gasteiger partial charge >= 0.3 is 0 Å². The number of nitrogens with one attached hydrogen (secondary N) is 1. The first kappa shape index (κ1) is 28.7. The van der Waals surface area contributed by atoms with E-state index in [4.69, 9.17) is 14.5 Å². The molecule has 1 unspecified atom stereocenters. The summed E-state index contributed by atoms with van der Waals surface area (Å²) in [6.45, 7) is 10.6. The van der Waals surface area contributed by atoms with Crippen LogP contribution in [0.5, 0.6) is 11.6 Å². The van der Waals surface area contributed by atoms with Crippen molar-refractivity contribution in [3.63, 3.8) is 0 Å². The molecule has 4 aromatic rings. The van der Waals surface area contributed by atoms with Gasteiger partial charge in [-0.3, -0.25) is 4.79 Å². The second-order valence-corrected chi connectivity index (χ2v) is 13.8. The van der Waals surface area contributed by atoms with Crippen molar-refractivity contribution in [1.29, 1.82) is 0 Å². The van der Waals surface area contributed by atoms with Crippen molar-refractivity contribution in [2.24, 2.45) is 0 Å². The summed E-state index contributed by atoms with van der Waals surface area (Å²) in [4.78, 5) is 24.8. The van der Waals surface area contributed by atoms with Crippen LogP contribution in [0.25, 0.3) is 11.3 Å². The zero-order chi connectivity index (χ0) is 30.5. The van der Waals surface area contributed by atoms with Gasteiger partial charge in [0.25, 0.3) is 15.9 Å². The van der Waals surface area contributed by atoms with Crippen LogP contribution in [-0.4, -0.2) is 41.8 Å². The van der Waals surface area contributed by atoms with Crippen LogP contribution in [0, 0.1) is 0 Å². The van der Waals surface area contributed by atoms with Crippen LogP contribution in [0.1, 0.15) is 67.8 Å². The highest BCUT2D eigenvalue weighted by Crippen LogP contribution is 2.42. The number of aromatic nitrogens is 2. The number of carbonyl (C=O) groups is 1. The van der Waals surface area contributed by atoms with Crippen molar-refractivity contribution in [1.82, 2.24) is 14.9 Å². The summed E-state index contributed by atoms with van der Waals surface area (Å²) < 4.78 is 42.5. The summed E-state index contributed by atoms with van der Waals surface area (Å²) in [7, 11) is -4.16. The molecule has 9 nitrogen and oxygen atoms in total. The summed E-state index contributed by atoms with van der Waals surface area (Å²) in [5, 5.41) is 0. The van der Waals surface area contributed by atoms with E-state index < -0.39 is 21.5 Å². The van der Waals surface area contributed by atoms with Gasteiger partial charge in [0, 0.05) is 23.2 Å². The number of hydrogen-bond donors (Lipinski definition) is 1. The highest BCUT2D eigenvalue weighted by atomic mass is 32.2. The Labute approximate surface area is 252 Å². The maximum absolute atomic E-state index is 13.7. The summed E-state index contributed by atoms with van der Waals surface area (Å²) in [5.74, 6) is 0.486. The Balaban J connectivity index is 1.62. The minimum absolute atomic E-state index is 0.0359. The van der Waals surface area contributed by atoms with E-state index in [0.717, 1.165) is 16.7 Å². The average Bonchev–Trinajstić information content (AvgIpc) is 2.95. The lowest BCUT2D eigenvalue weighted by molar-refractivity contribution is 0.0585. The topological polar surface area (TPSA) is 111 Å². The quantitative estimate of drug-likeness (QED) is 0.303. The fraction of sp³-hybridized carbons (Fsp3) is 0.303. The first-order valence-corrected chi connectivity index (χ1v) is 15.7.